The average molecular weight is 394 g/mol. The van der Waals surface area contributed by atoms with Gasteiger partial charge in [-0.3, -0.25) is 9.59 Å². The van der Waals surface area contributed by atoms with Crippen LogP contribution in [0.15, 0.2) is 47.1 Å². The maximum atomic E-state index is 12.9. The molecule has 8 nitrogen and oxygen atoms in total. The minimum Gasteiger partial charge on any atom is -0.497 e. The Hall–Kier alpha value is -3.55. The van der Waals surface area contributed by atoms with Gasteiger partial charge in [-0.25, -0.2) is 4.98 Å². The Bertz CT molecular complexity index is 1020. The van der Waals surface area contributed by atoms with Crippen LogP contribution in [0.5, 0.6) is 5.75 Å². The number of carbonyl (C=O) groups excluding carboxylic acids is 2. The summed E-state index contributed by atoms with van der Waals surface area (Å²) >= 11 is 0. The summed E-state index contributed by atoms with van der Waals surface area (Å²) in [4.78, 5) is 30.0. The van der Waals surface area contributed by atoms with Crippen LogP contribution in [0.3, 0.4) is 0 Å². The molecule has 1 aliphatic rings. The van der Waals surface area contributed by atoms with E-state index in [1.807, 2.05) is 4.57 Å². The number of aromatic nitrogens is 2. The molecule has 2 amide bonds. The molecule has 1 aromatic carbocycles. The number of carbonyl (C=O) groups is 2. The minimum atomic E-state index is -0.355. The Labute approximate surface area is 167 Å². The number of ether oxygens (including phenoxy) is 1. The maximum absolute atomic E-state index is 12.9. The number of methoxy groups -OCH3 is 1. The molecule has 0 bridgehead atoms. The van der Waals surface area contributed by atoms with Crippen molar-refractivity contribution in [2.75, 3.05) is 12.4 Å². The molecule has 3 heterocycles. The SMILES string of the molecule is COc1cccc(NC(=O)c2nc(C(=O)NCc3ccco3)c3n2CCCC3)c1. The Kier molecular flexibility index (Phi) is 5.33. The number of amides is 2. The lowest BCUT2D eigenvalue weighted by Crippen LogP contribution is -2.25. The van der Waals surface area contributed by atoms with Crippen molar-refractivity contribution in [1.82, 2.24) is 14.9 Å². The third-order valence-corrected chi connectivity index (χ3v) is 4.87. The van der Waals surface area contributed by atoms with Gasteiger partial charge in [0.1, 0.15) is 17.2 Å². The van der Waals surface area contributed by atoms with Crippen LogP contribution in [0.4, 0.5) is 5.69 Å². The Morgan fingerprint density at radius 2 is 2.10 bits per heavy atom. The fourth-order valence-corrected chi connectivity index (χ4v) is 3.45. The summed E-state index contributed by atoms with van der Waals surface area (Å²) in [7, 11) is 1.57. The van der Waals surface area contributed by atoms with Gasteiger partial charge in [0.05, 0.1) is 25.6 Å². The normalized spacial score (nSPS) is 12.9. The topological polar surface area (TPSA) is 98.4 Å². The second-order valence-electron chi connectivity index (χ2n) is 6.79. The lowest BCUT2D eigenvalue weighted by atomic mass is 10.1. The van der Waals surface area contributed by atoms with Crippen molar-refractivity contribution in [2.24, 2.45) is 0 Å². The molecule has 1 aliphatic heterocycles. The number of nitrogens with one attached hydrogen (secondary N) is 2. The Balaban J connectivity index is 1.56. The van der Waals surface area contributed by atoms with E-state index in [1.165, 1.54) is 0 Å². The molecule has 8 heteroatoms. The number of nitrogens with zero attached hydrogens (tertiary/aromatic N) is 2. The lowest BCUT2D eigenvalue weighted by Gasteiger charge is -2.17. The van der Waals surface area contributed by atoms with Gasteiger partial charge in [0, 0.05) is 18.3 Å². The summed E-state index contributed by atoms with van der Waals surface area (Å²) < 4.78 is 12.3. The van der Waals surface area contributed by atoms with Gasteiger partial charge in [0.15, 0.2) is 5.82 Å². The van der Waals surface area contributed by atoms with Crippen molar-refractivity contribution in [3.05, 3.63) is 65.6 Å². The third-order valence-electron chi connectivity index (χ3n) is 4.87. The second kappa shape index (κ2) is 8.22. The molecule has 150 valence electrons. The van der Waals surface area contributed by atoms with Gasteiger partial charge in [-0.15, -0.1) is 0 Å². The van der Waals surface area contributed by atoms with Gasteiger partial charge in [0.25, 0.3) is 11.8 Å². The molecular weight excluding hydrogens is 372 g/mol. The highest BCUT2D eigenvalue weighted by molar-refractivity contribution is 6.03. The first-order valence-corrected chi connectivity index (χ1v) is 9.51. The summed E-state index contributed by atoms with van der Waals surface area (Å²) in [5.41, 5.74) is 1.70. The van der Waals surface area contributed by atoms with E-state index in [2.05, 4.69) is 15.6 Å². The zero-order chi connectivity index (χ0) is 20.2. The van der Waals surface area contributed by atoms with Crippen molar-refractivity contribution < 1.29 is 18.7 Å². The molecule has 0 radical (unpaired) electrons. The predicted molar refractivity (Wildman–Crippen MR) is 106 cm³/mol. The highest BCUT2D eigenvalue weighted by Gasteiger charge is 2.27. The number of rotatable bonds is 6. The highest BCUT2D eigenvalue weighted by Crippen LogP contribution is 2.23. The molecule has 2 N–H and O–H groups in total. The largest absolute Gasteiger partial charge is 0.497 e. The number of fused-ring (bicyclic) bond motifs is 1. The van der Waals surface area contributed by atoms with Crippen LogP contribution in [-0.4, -0.2) is 28.5 Å². The summed E-state index contributed by atoms with van der Waals surface area (Å²) in [6.07, 6.45) is 4.17. The van der Waals surface area contributed by atoms with Gasteiger partial charge in [0.2, 0.25) is 0 Å². The maximum Gasteiger partial charge on any atom is 0.291 e. The molecule has 0 spiro atoms. The second-order valence-corrected chi connectivity index (χ2v) is 6.79. The van der Waals surface area contributed by atoms with Crippen LogP contribution in [0.2, 0.25) is 0 Å². The average Bonchev–Trinajstić information content (AvgIpc) is 3.40. The smallest absolute Gasteiger partial charge is 0.291 e. The van der Waals surface area contributed by atoms with E-state index in [1.54, 1.807) is 49.8 Å². The highest BCUT2D eigenvalue weighted by atomic mass is 16.5. The molecule has 0 unspecified atom stereocenters. The zero-order valence-electron chi connectivity index (χ0n) is 16.1. The number of anilines is 1. The summed E-state index contributed by atoms with van der Waals surface area (Å²) in [5.74, 6) is 0.873. The number of benzene rings is 1. The quantitative estimate of drug-likeness (QED) is 0.670. The first-order chi connectivity index (χ1) is 14.2. The number of hydrogen-bond donors (Lipinski definition) is 2. The summed E-state index contributed by atoms with van der Waals surface area (Å²) in [5, 5.41) is 5.65. The van der Waals surface area contributed by atoms with Gasteiger partial charge in [-0.05, 0) is 43.5 Å². The van der Waals surface area contributed by atoms with Gasteiger partial charge < -0.3 is 24.4 Å². The summed E-state index contributed by atoms with van der Waals surface area (Å²) in [6, 6.07) is 10.7. The van der Waals surface area contributed by atoms with Gasteiger partial charge in [-0.2, -0.15) is 0 Å². The molecule has 0 saturated carbocycles. The van der Waals surface area contributed by atoms with Crippen molar-refractivity contribution in [1.29, 1.82) is 0 Å². The standard InChI is InChI=1S/C21H22N4O4/c1-28-15-7-4-6-14(12-15)23-21(27)19-24-18(17-9-2-3-10-25(17)19)20(26)22-13-16-8-5-11-29-16/h4-8,11-12H,2-3,9-10,13H2,1H3,(H,22,26)(H,23,27). The predicted octanol–water partition coefficient (Wildman–Crippen LogP) is 3.00. The number of hydrogen-bond acceptors (Lipinski definition) is 5. The molecule has 3 aromatic rings. The molecule has 0 aliphatic carbocycles. The van der Waals surface area contributed by atoms with Crippen molar-refractivity contribution in [3.63, 3.8) is 0 Å². The fraction of sp³-hybridized carbons (Fsp3) is 0.286. The Morgan fingerprint density at radius 3 is 2.90 bits per heavy atom. The van der Waals surface area contributed by atoms with Crippen LogP contribution < -0.4 is 15.4 Å². The van der Waals surface area contributed by atoms with Crippen molar-refractivity contribution in [2.45, 2.75) is 32.4 Å². The summed E-state index contributed by atoms with van der Waals surface area (Å²) in [6.45, 7) is 0.929. The molecular formula is C21H22N4O4. The van der Waals surface area contributed by atoms with Crippen LogP contribution >= 0.6 is 0 Å². The number of imidazole rings is 1. The third kappa shape index (κ3) is 4.01. The molecule has 0 atom stereocenters. The van der Waals surface area contributed by atoms with Crippen LogP contribution in [0, 0.1) is 0 Å². The molecule has 2 aromatic heterocycles. The van der Waals surface area contributed by atoms with E-state index in [0.29, 0.717) is 35.9 Å². The van der Waals surface area contributed by atoms with E-state index in [0.717, 1.165) is 18.5 Å². The van der Waals surface area contributed by atoms with Crippen LogP contribution in [-0.2, 0) is 19.5 Å². The van der Waals surface area contributed by atoms with E-state index in [-0.39, 0.29) is 24.2 Å². The van der Waals surface area contributed by atoms with Gasteiger partial charge >= 0.3 is 0 Å². The zero-order valence-corrected chi connectivity index (χ0v) is 16.1. The minimum absolute atomic E-state index is 0.241. The van der Waals surface area contributed by atoms with Crippen molar-refractivity contribution >= 4 is 17.5 Å². The fourth-order valence-electron chi connectivity index (χ4n) is 3.45. The molecule has 29 heavy (non-hydrogen) atoms. The first-order valence-electron chi connectivity index (χ1n) is 9.51. The molecule has 4 rings (SSSR count). The molecule has 0 fully saturated rings. The van der Waals surface area contributed by atoms with Crippen LogP contribution in [0.25, 0.3) is 0 Å². The first kappa shape index (κ1) is 18.8. The van der Waals surface area contributed by atoms with Crippen LogP contribution in [0.1, 0.15) is 45.4 Å². The van der Waals surface area contributed by atoms with E-state index in [4.69, 9.17) is 9.15 Å². The van der Waals surface area contributed by atoms with Crippen molar-refractivity contribution in [3.8, 4) is 5.75 Å². The monoisotopic (exact) mass is 394 g/mol. The van der Waals surface area contributed by atoms with E-state index < -0.39 is 0 Å². The van der Waals surface area contributed by atoms with E-state index >= 15 is 0 Å². The Morgan fingerprint density at radius 1 is 1.21 bits per heavy atom. The lowest BCUT2D eigenvalue weighted by molar-refractivity contribution is 0.0942. The number of furan rings is 1. The molecule has 0 saturated heterocycles. The van der Waals surface area contributed by atoms with E-state index in [9.17, 15) is 9.59 Å². The van der Waals surface area contributed by atoms with Gasteiger partial charge in [-0.1, -0.05) is 6.07 Å².